The molecule has 32 heavy (non-hydrogen) atoms. The molecule has 0 spiro atoms. The summed E-state index contributed by atoms with van der Waals surface area (Å²) in [4.78, 5) is 9.70. The topological polar surface area (TPSA) is 65.2 Å². The minimum atomic E-state index is 0.101. The van der Waals surface area contributed by atoms with Crippen LogP contribution in [0.25, 0.3) is 0 Å². The first-order valence-corrected chi connectivity index (χ1v) is 12.3. The summed E-state index contributed by atoms with van der Waals surface area (Å²) >= 11 is 0. The highest BCUT2D eigenvalue weighted by molar-refractivity contribution is 5.84. The van der Waals surface area contributed by atoms with E-state index in [0.29, 0.717) is 0 Å². The zero-order valence-corrected chi connectivity index (χ0v) is 19.6. The number of aryl methyl sites for hydroxylation is 2. The Bertz CT molecular complexity index is 844. The lowest BCUT2D eigenvalue weighted by molar-refractivity contribution is 0.390. The molecule has 1 aliphatic carbocycles. The molecule has 2 aromatic carbocycles. The first kappa shape index (κ1) is 24.0. The van der Waals surface area contributed by atoms with E-state index in [-0.39, 0.29) is 23.6 Å². The maximum atomic E-state index is 10.3. The summed E-state index contributed by atoms with van der Waals surface area (Å²) in [6.45, 7) is 4.38. The number of hydrogen-bond donors (Lipinski definition) is 2. The van der Waals surface area contributed by atoms with Crippen LogP contribution in [0.1, 0.15) is 87.5 Å². The van der Waals surface area contributed by atoms with E-state index in [9.17, 15) is 10.2 Å². The van der Waals surface area contributed by atoms with Crippen LogP contribution in [-0.2, 0) is 12.8 Å². The van der Waals surface area contributed by atoms with Gasteiger partial charge in [-0.3, -0.25) is 9.98 Å². The minimum absolute atomic E-state index is 0.101. The Morgan fingerprint density at radius 3 is 1.59 bits per heavy atom. The highest BCUT2D eigenvalue weighted by Gasteiger charge is 2.23. The predicted octanol–water partition coefficient (Wildman–Crippen LogP) is 6.63. The Hall–Kier alpha value is -2.62. The molecule has 0 bridgehead atoms. The van der Waals surface area contributed by atoms with Gasteiger partial charge in [0.1, 0.15) is 11.5 Å². The van der Waals surface area contributed by atoms with Crippen molar-refractivity contribution in [3.63, 3.8) is 0 Å². The molecule has 4 nitrogen and oxygen atoms in total. The number of aliphatic imine (C=N–C) groups is 2. The highest BCUT2D eigenvalue weighted by atomic mass is 16.3. The molecule has 1 fully saturated rings. The number of phenols is 2. The summed E-state index contributed by atoms with van der Waals surface area (Å²) in [6.07, 6.45) is 14.6. The summed E-state index contributed by atoms with van der Waals surface area (Å²) in [5.74, 6) is 0.553. The summed E-state index contributed by atoms with van der Waals surface area (Å²) in [7, 11) is 0. The van der Waals surface area contributed by atoms with Gasteiger partial charge < -0.3 is 10.2 Å². The van der Waals surface area contributed by atoms with Gasteiger partial charge in [-0.15, -0.1) is 0 Å². The fourth-order valence-corrected chi connectivity index (χ4v) is 4.28. The Morgan fingerprint density at radius 2 is 1.19 bits per heavy atom. The molecular formula is C28H38N2O2. The number of rotatable bonds is 10. The summed E-state index contributed by atoms with van der Waals surface area (Å²) in [6, 6.07) is 11.8. The molecule has 0 aromatic heterocycles. The van der Waals surface area contributed by atoms with Crippen molar-refractivity contribution in [2.45, 2.75) is 90.1 Å². The zero-order chi connectivity index (χ0) is 22.8. The van der Waals surface area contributed by atoms with Gasteiger partial charge in [0.05, 0.1) is 12.1 Å². The molecule has 2 unspecified atom stereocenters. The van der Waals surface area contributed by atoms with Gasteiger partial charge in [-0.2, -0.15) is 0 Å². The van der Waals surface area contributed by atoms with E-state index in [1.807, 2.05) is 24.6 Å². The maximum absolute atomic E-state index is 10.3. The minimum Gasteiger partial charge on any atom is -0.507 e. The number of benzene rings is 2. The van der Waals surface area contributed by atoms with Crippen molar-refractivity contribution in [1.29, 1.82) is 0 Å². The SMILES string of the molecule is CCCCc1ccc(O)c(C=NC2CCCCC2N=Cc2cc(CCCC)ccc2O)c1. The Labute approximate surface area is 193 Å². The molecule has 0 radical (unpaired) electrons. The fraction of sp³-hybridized carbons (Fsp3) is 0.500. The van der Waals surface area contributed by atoms with E-state index >= 15 is 0 Å². The third kappa shape index (κ3) is 6.94. The molecule has 0 saturated heterocycles. The summed E-state index contributed by atoms with van der Waals surface area (Å²) < 4.78 is 0. The second kappa shape index (κ2) is 12.4. The van der Waals surface area contributed by atoms with Crippen molar-refractivity contribution in [3.05, 3.63) is 58.7 Å². The molecule has 0 aliphatic heterocycles. The van der Waals surface area contributed by atoms with Gasteiger partial charge in [0.15, 0.2) is 0 Å². The van der Waals surface area contributed by atoms with Crippen LogP contribution in [0.2, 0.25) is 0 Å². The van der Waals surface area contributed by atoms with Gasteiger partial charge in [-0.05, 0) is 73.9 Å². The van der Waals surface area contributed by atoms with Gasteiger partial charge in [-0.1, -0.05) is 51.7 Å². The van der Waals surface area contributed by atoms with Crippen molar-refractivity contribution < 1.29 is 10.2 Å². The lowest BCUT2D eigenvalue weighted by atomic mass is 9.91. The number of hydrogen-bond acceptors (Lipinski definition) is 4. The van der Waals surface area contributed by atoms with Gasteiger partial charge in [0.25, 0.3) is 0 Å². The van der Waals surface area contributed by atoms with E-state index in [1.54, 1.807) is 12.1 Å². The van der Waals surface area contributed by atoms with Crippen molar-refractivity contribution in [1.82, 2.24) is 0 Å². The van der Waals surface area contributed by atoms with Gasteiger partial charge in [0.2, 0.25) is 0 Å². The highest BCUT2D eigenvalue weighted by Crippen LogP contribution is 2.26. The standard InChI is InChI=1S/C28H38N2O2/c1-3-5-9-21-13-15-27(31)23(17-21)19-29-25-11-7-8-12-26(25)30-20-24-18-22(10-6-4-2)14-16-28(24)32/h13-20,25-26,31-32H,3-12H2,1-2H3. The van der Waals surface area contributed by atoms with Gasteiger partial charge in [0, 0.05) is 23.6 Å². The van der Waals surface area contributed by atoms with Gasteiger partial charge >= 0.3 is 0 Å². The van der Waals surface area contributed by atoms with Crippen LogP contribution in [0.15, 0.2) is 46.4 Å². The van der Waals surface area contributed by atoms with Gasteiger partial charge in [-0.25, -0.2) is 0 Å². The van der Waals surface area contributed by atoms with Crippen molar-refractivity contribution >= 4 is 12.4 Å². The first-order chi connectivity index (χ1) is 15.6. The molecule has 4 heteroatoms. The third-order valence-electron chi connectivity index (χ3n) is 6.33. The molecule has 2 aromatic rings. The Kier molecular flexibility index (Phi) is 9.33. The fourth-order valence-electron chi connectivity index (χ4n) is 4.28. The maximum Gasteiger partial charge on any atom is 0.124 e. The summed E-state index contributed by atoms with van der Waals surface area (Å²) in [5.41, 5.74) is 4.05. The number of aromatic hydroxyl groups is 2. The molecule has 0 heterocycles. The predicted molar refractivity (Wildman–Crippen MR) is 135 cm³/mol. The average molecular weight is 435 g/mol. The molecule has 0 amide bonds. The second-order valence-corrected chi connectivity index (χ2v) is 8.97. The van der Waals surface area contributed by atoms with Crippen molar-refractivity contribution in [2.24, 2.45) is 9.98 Å². The molecule has 172 valence electrons. The van der Waals surface area contributed by atoms with Crippen LogP contribution in [-0.4, -0.2) is 34.7 Å². The molecule has 3 rings (SSSR count). The molecule has 2 atom stereocenters. The smallest absolute Gasteiger partial charge is 0.124 e. The molecule has 2 N–H and O–H groups in total. The van der Waals surface area contributed by atoms with Crippen LogP contribution in [0, 0.1) is 0 Å². The van der Waals surface area contributed by atoms with Crippen molar-refractivity contribution in [2.75, 3.05) is 0 Å². The van der Waals surface area contributed by atoms with E-state index < -0.39 is 0 Å². The Morgan fingerprint density at radius 1 is 0.750 bits per heavy atom. The lowest BCUT2D eigenvalue weighted by Gasteiger charge is -2.25. The normalized spacial score (nSPS) is 19.2. The van der Waals surface area contributed by atoms with E-state index in [1.165, 1.54) is 11.1 Å². The van der Waals surface area contributed by atoms with Crippen molar-refractivity contribution in [3.8, 4) is 11.5 Å². The van der Waals surface area contributed by atoms with E-state index in [2.05, 4.69) is 26.0 Å². The Balaban J connectivity index is 1.73. The van der Waals surface area contributed by atoms with Crippen LogP contribution in [0.5, 0.6) is 11.5 Å². The number of phenolic OH excluding ortho intramolecular Hbond substituents is 2. The monoisotopic (exact) mass is 434 g/mol. The molecule has 1 saturated carbocycles. The van der Waals surface area contributed by atoms with Crippen LogP contribution >= 0.6 is 0 Å². The second-order valence-electron chi connectivity index (χ2n) is 8.97. The third-order valence-corrected chi connectivity index (χ3v) is 6.33. The van der Waals surface area contributed by atoms with E-state index in [4.69, 9.17) is 9.98 Å². The quantitative estimate of drug-likeness (QED) is 0.412. The number of nitrogens with zero attached hydrogens (tertiary/aromatic N) is 2. The number of unbranched alkanes of at least 4 members (excludes halogenated alkanes) is 2. The van der Waals surface area contributed by atoms with Crippen LogP contribution in [0.3, 0.4) is 0 Å². The first-order valence-electron chi connectivity index (χ1n) is 12.3. The average Bonchev–Trinajstić information content (AvgIpc) is 2.81. The largest absolute Gasteiger partial charge is 0.507 e. The van der Waals surface area contributed by atoms with E-state index in [0.717, 1.165) is 75.3 Å². The lowest BCUT2D eigenvalue weighted by Crippen LogP contribution is -2.27. The van der Waals surface area contributed by atoms with Crippen LogP contribution in [0.4, 0.5) is 0 Å². The summed E-state index contributed by atoms with van der Waals surface area (Å²) in [5, 5.41) is 20.6. The molecular weight excluding hydrogens is 396 g/mol. The molecule has 1 aliphatic rings. The zero-order valence-electron chi connectivity index (χ0n) is 19.6. The van der Waals surface area contributed by atoms with Crippen LogP contribution < -0.4 is 0 Å².